The Morgan fingerprint density at radius 3 is 2.76 bits per heavy atom. The lowest BCUT2D eigenvalue weighted by atomic mass is 10.1. The molecule has 1 aromatic carbocycles. The fraction of sp³-hybridized carbons (Fsp3) is 0.562. The standard InChI is InChI=1S/C16H25N3O2/c1-3-21-13-6-8-19(9-7-13)11-16(20)18-15-5-4-12(2)10-14(15)17/h4-5,10,13H,3,6-9,11,17H2,1-2H3,(H,18,20). The van der Waals surface area contributed by atoms with Crippen LogP contribution in [0.25, 0.3) is 0 Å². The molecule has 5 heteroatoms. The number of hydrogen-bond donors (Lipinski definition) is 2. The van der Waals surface area contributed by atoms with Crippen LogP contribution in [0.4, 0.5) is 11.4 Å². The summed E-state index contributed by atoms with van der Waals surface area (Å²) in [5.41, 5.74) is 8.30. The van der Waals surface area contributed by atoms with Gasteiger partial charge in [0.2, 0.25) is 5.91 Å². The van der Waals surface area contributed by atoms with Gasteiger partial charge in [-0.25, -0.2) is 0 Å². The number of piperidine rings is 1. The number of nitrogens with zero attached hydrogens (tertiary/aromatic N) is 1. The van der Waals surface area contributed by atoms with Crippen molar-refractivity contribution in [2.45, 2.75) is 32.8 Å². The molecule has 1 aliphatic rings. The highest BCUT2D eigenvalue weighted by Gasteiger charge is 2.21. The molecule has 0 unspecified atom stereocenters. The number of nitrogens with two attached hydrogens (primary N) is 1. The second kappa shape index (κ2) is 7.43. The van der Waals surface area contributed by atoms with Crippen molar-refractivity contribution >= 4 is 17.3 Å². The lowest BCUT2D eigenvalue weighted by Gasteiger charge is -2.31. The first kappa shape index (κ1) is 15.8. The second-order valence-electron chi connectivity index (χ2n) is 5.57. The molecule has 0 bridgehead atoms. The molecular formula is C16H25N3O2. The molecule has 5 nitrogen and oxygen atoms in total. The summed E-state index contributed by atoms with van der Waals surface area (Å²) in [6.45, 7) is 6.98. The maximum Gasteiger partial charge on any atom is 0.238 e. The zero-order valence-electron chi connectivity index (χ0n) is 12.9. The lowest BCUT2D eigenvalue weighted by Crippen LogP contribution is -2.41. The molecule has 1 aliphatic heterocycles. The van der Waals surface area contributed by atoms with Crippen molar-refractivity contribution in [1.29, 1.82) is 0 Å². The molecule has 1 fully saturated rings. The molecule has 116 valence electrons. The zero-order chi connectivity index (χ0) is 15.2. The number of amides is 1. The Balaban J connectivity index is 1.80. The molecule has 0 spiro atoms. The maximum absolute atomic E-state index is 12.1. The number of likely N-dealkylation sites (tertiary alicyclic amines) is 1. The monoisotopic (exact) mass is 291 g/mol. The first-order chi connectivity index (χ1) is 10.1. The third-order valence-electron chi connectivity index (χ3n) is 3.79. The van der Waals surface area contributed by atoms with Crippen molar-refractivity contribution in [3.63, 3.8) is 0 Å². The van der Waals surface area contributed by atoms with E-state index in [1.165, 1.54) is 0 Å². The largest absolute Gasteiger partial charge is 0.397 e. The van der Waals surface area contributed by atoms with Crippen LogP contribution in [-0.4, -0.2) is 43.2 Å². The quantitative estimate of drug-likeness (QED) is 0.814. The van der Waals surface area contributed by atoms with Crippen molar-refractivity contribution in [3.05, 3.63) is 23.8 Å². The molecule has 1 amide bonds. The van der Waals surface area contributed by atoms with Gasteiger partial charge in [-0.15, -0.1) is 0 Å². The summed E-state index contributed by atoms with van der Waals surface area (Å²) in [6.07, 6.45) is 2.34. The number of nitrogens with one attached hydrogen (secondary N) is 1. The predicted octanol–water partition coefficient (Wildman–Crippen LogP) is 2.02. The SMILES string of the molecule is CCOC1CCN(CC(=O)Nc2ccc(C)cc2N)CC1. The fourth-order valence-corrected chi connectivity index (χ4v) is 2.66. The van der Waals surface area contributed by atoms with Crippen LogP contribution in [0.3, 0.4) is 0 Å². The fourth-order valence-electron chi connectivity index (χ4n) is 2.66. The van der Waals surface area contributed by atoms with Crippen LogP contribution in [0.1, 0.15) is 25.3 Å². The van der Waals surface area contributed by atoms with Crippen LogP contribution in [-0.2, 0) is 9.53 Å². The Hall–Kier alpha value is -1.59. The van der Waals surface area contributed by atoms with Crippen molar-refractivity contribution in [2.75, 3.05) is 37.3 Å². The number of benzene rings is 1. The van der Waals surface area contributed by atoms with Gasteiger partial charge in [-0.3, -0.25) is 9.69 Å². The van der Waals surface area contributed by atoms with Gasteiger partial charge in [0.15, 0.2) is 0 Å². The third-order valence-corrected chi connectivity index (χ3v) is 3.79. The van der Waals surface area contributed by atoms with E-state index in [-0.39, 0.29) is 5.91 Å². The summed E-state index contributed by atoms with van der Waals surface area (Å²) >= 11 is 0. The number of carbonyl (C=O) groups excluding carboxylic acids is 1. The molecule has 0 saturated carbocycles. The molecular weight excluding hydrogens is 266 g/mol. The molecule has 0 aliphatic carbocycles. The Morgan fingerprint density at radius 2 is 2.14 bits per heavy atom. The average Bonchev–Trinajstić information content (AvgIpc) is 2.44. The van der Waals surface area contributed by atoms with Gasteiger partial charge in [0.1, 0.15) is 0 Å². The van der Waals surface area contributed by atoms with Gasteiger partial charge in [-0.05, 0) is 44.4 Å². The van der Waals surface area contributed by atoms with E-state index in [1.54, 1.807) is 0 Å². The molecule has 3 N–H and O–H groups in total. The number of hydrogen-bond acceptors (Lipinski definition) is 4. The van der Waals surface area contributed by atoms with E-state index in [2.05, 4.69) is 10.2 Å². The average molecular weight is 291 g/mol. The molecule has 21 heavy (non-hydrogen) atoms. The molecule has 0 radical (unpaired) electrons. The molecule has 1 aromatic rings. The second-order valence-corrected chi connectivity index (χ2v) is 5.57. The van der Waals surface area contributed by atoms with Gasteiger partial charge in [-0.2, -0.15) is 0 Å². The third kappa shape index (κ3) is 4.72. The summed E-state index contributed by atoms with van der Waals surface area (Å²) in [5, 5.41) is 2.88. The van der Waals surface area contributed by atoms with E-state index in [9.17, 15) is 4.79 Å². The number of anilines is 2. The number of rotatable bonds is 5. The number of nitrogen functional groups attached to an aromatic ring is 1. The van der Waals surface area contributed by atoms with Gasteiger partial charge in [0.25, 0.3) is 0 Å². The van der Waals surface area contributed by atoms with Crippen molar-refractivity contribution in [1.82, 2.24) is 4.90 Å². The number of ether oxygens (including phenoxy) is 1. The summed E-state index contributed by atoms with van der Waals surface area (Å²) in [6, 6.07) is 5.66. The highest BCUT2D eigenvalue weighted by atomic mass is 16.5. The topological polar surface area (TPSA) is 67.6 Å². The predicted molar refractivity (Wildman–Crippen MR) is 85.3 cm³/mol. The zero-order valence-corrected chi connectivity index (χ0v) is 12.9. The number of aryl methyl sites for hydroxylation is 1. The first-order valence-corrected chi connectivity index (χ1v) is 7.58. The summed E-state index contributed by atoms with van der Waals surface area (Å²) in [4.78, 5) is 14.2. The van der Waals surface area contributed by atoms with Crippen LogP contribution >= 0.6 is 0 Å². The van der Waals surface area contributed by atoms with Gasteiger partial charge >= 0.3 is 0 Å². The van der Waals surface area contributed by atoms with Crippen molar-refractivity contribution in [2.24, 2.45) is 0 Å². The normalized spacial score (nSPS) is 16.9. The van der Waals surface area contributed by atoms with E-state index in [0.717, 1.165) is 38.1 Å². The summed E-state index contributed by atoms with van der Waals surface area (Å²) in [5.74, 6) is -0.0135. The molecule has 0 atom stereocenters. The minimum absolute atomic E-state index is 0.0135. The van der Waals surface area contributed by atoms with Gasteiger partial charge in [-0.1, -0.05) is 6.07 Å². The van der Waals surface area contributed by atoms with E-state index in [0.29, 0.717) is 24.0 Å². The van der Waals surface area contributed by atoms with Gasteiger partial charge in [0.05, 0.1) is 24.0 Å². The van der Waals surface area contributed by atoms with E-state index < -0.39 is 0 Å². The van der Waals surface area contributed by atoms with E-state index in [1.807, 2.05) is 32.0 Å². The highest BCUT2D eigenvalue weighted by Crippen LogP contribution is 2.19. The first-order valence-electron chi connectivity index (χ1n) is 7.58. The molecule has 2 rings (SSSR count). The van der Waals surface area contributed by atoms with Crippen LogP contribution < -0.4 is 11.1 Å². The lowest BCUT2D eigenvalue weighted by molar-refractivity contribution is -0.118. The van der Waals surface area contributed by atoms with E-state index >= 15 is 0 Å². The Kier molecular flexibility index (Phi) is 5.59. The smallest absolute Gasteiger partial charge is 0.238 e. The van der Waals surface area contributed by atoms with E-state index in [4.69, 9.17) is 10.5 Å². The van der Waals surface area contributed by atoms with Crippen LogP contribution in [0, 0.1) is 6.92 Å². The summed E-state index contributed by atoms with van der Waals surface area (Å²) in [7, 11) is 0. The Bertz CT molecular complexity index is 482. The van der Waals surface area contributed by atoms with Crippen molar-refractivity contribution < 1.29 is 9.53 Å². The van der Waals surface area contributed by atoms with Gasteiger partial charge in [0, 0.05) is 19.7 Å². The Morgan fingerprint density at radius 1 is 1.43 bits per heavy atom. The Labute approximate surface area is 126 Å². The van der Waals surface area contributed by atoms with Crippen LogP contribution in [0.5, 0.6) is 0 Å². The summed E-state index contributed by atoms with van der Waals surface area (Å²) < 4.78 is 5.61. The minimum atomic E-state index is -0.0135. The van der Waals surface area contributed by atoms with Crippen molar-refractivity contribution in [3.8, 4) is 0 Å². The molecule has 0 aromatic heterocycles. The molecule has 1 saturated heterocycles. The highest BCUT2D eigenvalue weighted by molar-refractivity contribution is 5.95. The molecule has 1 heterocycles. The maximum atomic E-state index is 12.1. The number of carbonyl (C=O) groups is 1. The van der Waals surface area contributed by atoms with Gasteiger partial charge < -0.3 is 15.8 Å². The minimum Gasteiger partial charge on any atom is -0.397 e. The van der Waals surface area contributed by atoms with Crippen LogP contribution in [0.15, 0.2) is 18.2 Å². The van der Waals surface area contributed by atoms with Crippen LogP contribution in [0.2, 0.25) is 0 Å².